The molecule has 0 aliphatic carbocycles. The van der Waals surface area contributed by atoms with Gasteiger partial charge in [-0.3, -0.25) is 10.0 Å². The molecule has 1 aromatic heterocycles. The van der Waals surface area contributed by atoms with Gasteiger partial charge in [-0.2, -0.15) is 0 Å². The molecule has 0 radical (unpaired) electrons. The number of amides is 1. The number of hydrogen-bond acceptors (Lipinski definition) is 7. The van der Waals surface area contributed by atoms with Crippen LogP contribution in [0, 0.1) is 0 Å². The van der Waals surface area contributed by atoms with Crippen molar-refractivity contribution in [3.63, 3.8) is 0 Å². The molecular formula is C18H21ClN2O6S3. The summed E-state index contributed by atoms with van der Waals surface area (Å²) in [5, 5.41) is 9.62. The molecule has 0 bridgehead atoms. The number of nitrogens with one attached hydrogen (secondary N) is 1. The van der Waals surface area contributed by atoms with E-state index in [4.69, 9.17) is 16.8 Å². The van der Waals surface area contributed by atoms with Crippen molar-refractivity contribution in [1.82, 2.24) is 9.79 Å². The van der Waals surface area contributed by atoms with Gasteiger partial charge in [0.25, 0.3) is 0 Å². The van der Waals surface area contributed by atoms with Crippen molar-refractivity contribution >= 4 is 48.7 Å². The van der Waals surface area contributed by atoms with Crippen molar-refractivity contribution in [3.8, 4) is 10.4 Å². The zero-order valence-electron chi connectivity index (χ0n) is 16.0. The fourth-order valence-corrected chi connectivity index (χ4v) is 8.23. The highest BCUT2D eigenvalue weighted by molar-refractivity contribution is 7.92. The molecule has 30 heavy (non-hydrogen) atoms. The Bertz CT molecular complexity index is 1140. The molecule has 12 heteroatoms. The molecule has 1 unspecified atom stereocenters. The summed E-state index contributed by atoms with van der Waals surface area (Å²) in [5.74, 6) is -1.28. The average Bonchev–Trinajstić information content (AvgIpc) is 3.11. The smallest absolute Gasteiger partial charge is 0.245 e. The lowest BCUT2D eigenvalue weighted by Crippen LogP contribution is -2.41. The van der Waals surface area contributed by atoms with E-state index < -0.39 is 42.7 Å². The van der Waals surface area contributed by atoms with E-state index in [0.29, 0.717) is 9.90 Å². The van der Waals surface area contributed by atoms with Crippen molar-refractivity contribution in [2.24, 2.45) is 0 Å². The zero-order valence-corrected chi connectivity index (χ0v) is 19.2. The molecule has 2 aromatic rings. The summed E-state index contributed by atoms with van der Waals surface area (Å²) in [4.78, 5) is 13.3. The number of hydrogen-bond donors (Lipinski definition) is 2. The second kappa shape index (κ2) is 8.56. The minimum absolute atomic E-state index is 0.0506. The van der Waals surface area contributed by atoms with Crippen LogP contribution in [0.1, 0.15) is 17.7 Å². The molecule has 0 saturated carbocycles. The summed E-state index contributed by atoms with van der Waals surface area (Å²) in [6.07, 6.45) is 0.414. The Morgan fingerprint density at radius 3 is 2.50 bits per heavy atom. The fraction of sp³-hybridized carbons (Fsp3) is 0.389. The van der Waals surface area contributed by atoms with Gasteiger partial charge >= 0.3 is 0 Å². The third kappa shape index (κ3) is 4.56. The zero-order chi connectivity index (χ0) is 22.2. The van der Waals surface area contributed by atoms with E-state index in [1.165, 1.54) is 16.8 Å². The molecule has 1 aliphatic rings. The van der Waals surface area contributed by atoms with Crippen molar-refractivity contribution < 1.29 is 26.8 Å². The van der Waals surface area contributed by atoms with E-state index in [9.17, 15) is 21.6 Å². The van der Waals surface area contributed by atoms with Crippen LogP contribution in [-0.4, -0.2) is 57.4 Å². The predicted octanol–water partition coefficient (Wildman–Crippen LogP) is 2.24. The lowest BCUT2D eigenvalue weighted by molar-refractivity contribution is -0.129. The van der Waals surface area contributed by atoms with Crippen LogP contribution in [0.2, 0.25) is 5.02 Å². The molecule has 1 amide bonds. The van der Waals surface area contributed by atoms with E-state index in [1.807, 2.05) is 0 Å². The second-order valence-corrected chi connectivity index (χ2v) is 13.0. The maximum Gasteiger partial charge on any atom is 0.245 e. The van der Waals surface area contributed by atoms with Crippen LogP contribution in [-0.2, 0) is 29.4 Å². The van der Waals surface area contributed by atoms with Crippen molar-refractivity contribution in [2.45, 2.75) is 17.6 Å². The number of sulfonamides is 1. The summed E-state index contributed by atoms with van der Waals surface area (Å²) >= 11 is 7.15. The Morgan fingerprint density at radius 2 is 1.90 bits per heavy atom. The summed E-state index contributed by atoms with van der Waals surface area (Å²) < 4.78 is 50.1. The molecule has 8 nitrogen and oxygen atoms in total. The maximum atomic E-state index is 13.3. The number of benzene rings is 1. The van der Waals surface area contributed by atoms with Crippen LogP contribution < -0.4 is 5.48 Å². The summed E-state index contributed by atoms with van der Waals surface area (Å²) in [6, 6.07) is 10.5. The number of rotatable bonds is 5. The van der Waals surface area contributed by atoms with Gasteiger partial charge in [0.1, 0.15) is 4.75 Å². The number of carbonyl (C=O) groups is 1. The Hall–Kier alpha value is -1.50. The molecule has 1 fully saturated rings. The number of hydroxylamine groups is 1. The van der Waals surface area contributed by atoms with Gasteiger partial charge in [0.05, 0.1) is 18.4 Å². The normalized spacial score (nSPS) is 22.4. The largest absolute Gasteiger partial charge is 0.289 e. The highest BCUT2D eigenvalue weighted by Crippen LogP contribution is 2.45. The Labute approximate surface area is 184 Å². The van der Waals surface area contributed by atoms with Crippen molar-refractivity contribution in [2.75, 3.05) is 25.1 Å². The van der Waals surface area contributed by atoms with Crippen LogP contribution in [0.3, 0.4) is 0 Å². The van der Waals surface area contributed by atoms with Gasteiger partial charge in [-0.05, 0) is 36.2 Å². The minimum Gasteiger partial charge on any atom is -0.289 e. The number of sulfone groups is 1. The molecule has 2 N–H and O–H groups in total. The lowest BCUT2D eigenvalue weighted by atomic mass is 9.97. The Kier molecular flexibility index (Phi) is 6.61. The average molecular weight is 493 g/mol. The van der Waals surface area contributed by atoms with Crippen LogP contribution in [0.15, 0.2) is 36.4 Å². The van der Waals surface area contributed by atoms with E-state index >= 15 is 0 Å². The van der Waals surface area contributed by atoms with Gasteiger partial charge in [-0.15, -0.1) is 11.3 Å². The first-order chi connectivity index (χ1) is 14.0. The number of carbonyl (C=O) groups excluding carboxylic acids is 1. The number of halogens is 1. The Balaban J connectivity index is 2.10. The van der Waals surface area contributed by atoms with Gasteiger partial charge in [0, 0.05) is 27.9 Å². The van der Waals surface area contributed by atoms with Crippen molar-refractivity contribution in [1.29, 1.82) is 0 Å². The molecule has 2 heterocycles. The molecule has 164 valence electrons. The summed E-state index contributed by atoms with van der Waals surface area (Å²) in [7, 11) is -7.54. The molecule has 1 aliphatic heterocycles. The third-order valence-corrected chi connectivity index (χ3v) is 10.7. The quantitative estimate of drug-likeness (QED) is 0.487. The number of nitrogens with zero attached hydrogens (tertiary/aromatic N) is 1. The monoisotopic (exact) mass is 492 g/mol. The molecule has 3 rings (SSSR count). The molecule has 1 saturated heterocycles. The van der Waals surface area contributed by atoms with Crippen LogP contribution in [0.5, 0.6) is 0 Å². The van der Waals surface area contributed by atoms with E-state index in [-0.39, 0.29) is 19.5 Å². The lowest BCUT2D eigenvalue weighted by Gasteiger charge is -2.30. The maximum absolute atomic E-state index is 13.3. The highest BCUT2D eigenvalue weighted by Gasteiger charge is 2.50. The minimum atomic E-state index is -3.94. The topological polar surface area (TPSA) is 121 Å². The number of thiophene rings is 1. The van der Waals surface area contributed by atoms with Gasteiger partial charge in [0.2, 0.25) is 15.9 Å². The van der Waals surface area contributed by atoms with Gasteiger partial charge in [-0.1, -0.05) is 23.7 Å². The van der Waals surface area contributed by atoms with Gasteiger partial charge in [0.15, 0.2) is 9.84 Å². The first kappa shape index (κ1) is 23.2. The molecule has 0 spiro atoms. The Morgan fingerprint density at radius 1 is 1.23 bits per heavy atom. The second-order valence-electron chi connectivity index (χ2n) is 7.11. The van der Waals surface area contributed by atoms with Gasteiger partial charge < -0.3 is 0 Å². The molecule has 1 aromatic carbocycles. The summed E-state index contributed by atoms with van der Waals surface area (Å²) in [5.41, 5.74) is 2.34. The van der Waals surface area contributed by atoms with E-state index in [2.05, 4.69) is 0 Å². The van der Waals surface area contributed by atoms with E-state index in [0.717, 1.165) is 21.0 Å². The van der Waals surface area contributed by atoms with Crippen LogP contribution in [0.25, 0.3) is 10.4 Å². The van der Waals surface area contributed by atoms with E-state index in [1.54, 1.807) is 36.4 Å². The third-order valence-electron chi connectivity index (χ3n) is 5.19. The molecule has 1 atom stereocenters. The standard InChI is InChI=1S/C18H21ClN2O6S3/c1-29(24,25)21-9-8-18(12-17(22)20-23,30(26,27)11-10-21)16-7-6-15(28-16)13-2-4-14(19)5-3-13/h2-7,23H,8-12H2,1H3,(H,20,22). The van der Waals surface area contributed by atoms with Gasteiger partial charge in [-0.25, -0.2) is 26.6 Å². The first-order valence-electron chi connectivity index (χ1n) is 8.95. The van der Waals surface area contributed by atoms with Crippen molar-refractivity contribution in [3.05, 3.63) is 46.3 Å². The first-order valence-corrected chi connectivity index (χ1v) is 13.6. The van der Waals surface area contributed by atoms with Crippen LogP contribution in [0.4, 0.5) is 0 Å². The SMILES string of the molecule is CS(=O)(=O)N1CCC(CC(=O)NO)(c2ccc(-c3ccc(Cl)cc3)s2)S(=O)(=O)CC1. The fourth-order valence-electron chi connectivity index (χ4n) is 3.53. The highest BCUT2D eigenvalue weighted by atomic mass is 35.5. The van der Waals surface area contributed by atoms with Crippen LogP contribution >= 0.6 is 22.9 Å². The molecular weight excluding hydrogens is 472 g/mol. The summed E-state index contributed by atoms with van der Waals surface area (Å²) in [6.45, 7) is -0.232. The predicted molar refractivity (Wildman–Crippen MR) is 116 cm³/mol.